The number of hydrogen-bond donors (Lipinski definition) is 1. The number of nitrogens with one attached hydrogen (secondary N) is 1. The van der Waals surface area contributed by atoms with Gasteiger partial charge < -0.3 is 5.32 Å². The van der Waals surface area contributed by atoms with Crippen LogP contribution < -0.4 is 5.32 Å². The van der Waals surface area contributed by atoms with Crippen LogP contribution >= 0.6 is 27.3 Å². The summed E-state index contributed by atoms with van der Waals surface area (Å²) in [5.41, 5.74) is 0. The lowest BCUT2D eigenvalue weighted by Crippen LogP contribution is -2.20. The van der Waals surface area contributed by atoms with Crippen LogP contribution in [-0.4, -0.2) is 18.4 Å². The minimum atomic E-state index is 0.331. The molecule has 0 atom stereocenters. The molecule has 0 radical (unpaired) electrons. The molecule has 1 fully saturated rings. The molecule has 4 heteroatoms. The molecule has 0 spiro atoms. The van der Waals surface area contributed by atoms with E-state index >= 15 is 0 Å². The Labute approximate surface area is 102 Å². The van der Waals surface area contributed by atoms with Crippen molar-refractivity contribution in [3.63, 3.8) is 0 Å². The third kappa shape index (κ3) is 4.05. The average Bonchev–Trinajstić information content (AvgIpc) is 2.91. The zero-order valence-corrected chi connectivity index (χ0v) is 10.9. The summed E-state index contributed by atoms with van der Waals surface area (Å²) < 4.78 is 1.10. The van der Waals surface area contributed by atoms with Gasteiger partial charge in [0, 0.05) is 30.3 Å². The first kappa shape index (κ1) is 11.3. The molecule has 0 bridgehead atoms. The standard InChI is InChI=1S/C11H14BrNOS/c12-11-4-3-10(15-11)7-9(14)5-6-13-8-1-2-8/h3-4,8,13H,1-2,5-7H2. The van der Waals surface area contributed by atoms with Crippen molar-refractivity contribution in [2.45, 2.75) is 31.7 Å². The molecule has 15 heavy (non-hydrogen) atoms. The summed E-state index contributed by atoms with van der Waals surface area (Å²) in [5, 5.41) is 3.35. The van der Waals surface area contributed by atoms with Crippen LogP contribution in [0.2, 0.25) is 0 Å². The summed E-state index contributed by atoms with van der Waals surface area (Å²) in [6, 6.07) is 4.71. The van der Waals surface area contributed by atoms with Gasteiger partial charge in [0.2, 0.25) is 0 Å². The van der Waals surface area contributed by atoms with Gasteiger partial charge in [0.25, 0.3) is 0 Å². The maximum absolute atomic E-state index is 11.6. The van der Waals surface area contributed by atoms with Gasteiger partial charge >= 0.3 is 0 Å². The topological polar surface area (TPSA) is 29.1 Å². The molecule has 2 nitrogen and oxygen atoms in total. The summed E-state index contributed by atoms with van der Waals surface area (Å²) in [6.45, 7) is 0.843. The Kier molecular flexibility index (Phi) is 3.94. The van der Waals surface area contributed by atoms with E-state index in [0.29, 0.717) is 24.7 Å². The van der Waals surface area contributed by atoms with Gasteiger partial charge in [-0.1, -0.05) is 0 Å². The van der Waals surface area contributed by atoms with Crippen molar-refractivity contribution in [2.75, 3.05) is 6.54 Å². The Morgan fingerprint density at radius 1 is 1.53 bits per heavy atom. The van der Waals surface area contributed by atoms with Gasteiger partial charge in [-0.25, -0.2) is 0 Å². The zero-order chi connectivity index (χ0) is 10.7. The van der Waals surface area contributed by atoms with Crippen molar-refractivity contribution in [3.8, 4) is 0 Å². The summed E-state index contributed by atoms with van der Waals surface area (Å²) in [4.78, 5) is 12.7. The first-order valence-corrected chi connectivity index (χ1v) is 6.84. The molecule has 0 amide bonds. The van der Waals surface area contributed by atoms with Gasteiger partial charge in [-0.2, -0.15) is 0 Å². The SMILES string of the molecule is O=C(CCNC1CC1)Cc1ccc(Br)s1. The zero-order valence-electron chi connectivity index (χ0n) is 8.46. The van der Waals surface area contributed by atoms with Crippen molar-refractivity contribution in [1.82, 2.24) is 5.32 Å². The van der Waals surface area contributed by atoms with Crippen LogP contribution in [0.3, 0.4) is 0 Å². The predicted octanol–water partition coefficient (Wildman–Crippen LogP) is 2.76. The van der Waals surface area contributed by atoms with E-state index in [1.165, 1.54) is 12.8 Å². The van der Waals surface area contributed by atoms with Crippen molar-refractivity contribution >= 4 is 33.0 Å². The summed E-state index contributed by atoms with van der Waals surface area (Å²) >= 11 is 5.04. The van der Waals surface area contributed by atoms with E-state index in [4.69, 9.17) is 0 Å². The number of carbonyl (C=O) groups excluding carboxylic acids is 1. The van der Waals surface area contributed by atoms with E-state index in [2.05, 4.69) is 21.2 Å². The van der Waals surface area contributed by atoms with Gasteiger partial charge in [-0.3, -0.25) is 4.79 Å². The Morgan fingerprint density at radius 2 is 2.33 bits per heavy atom. The Morgan fingerprint density at radius 3 is 2.93 bits per heavy atom. The Hall–Kier alpha value is -0.190. The average molecular weight is 288 g/mol. The highest BCUT2D eigenvalue weighted by Crippen LogP contribution is 2.23. The smallest absolute Gasteiger partial charge is 0.139 e. The maximum Gasteiger partial charge on any atom is 0.139 e. The number of thiophene rings is 1. The lowest BCUT2D eigenvalue weighted by Gasteiger charge is -2.00. The molecule has 0 aromatic carbocycles. The van der Waals surface area contributed by atoms with Crippen molar-refractivity contribution < 1.29 is 4.79 Å². The second-order valence-electron chi connectivity index (χ2n) is 3.90. The highest BCUT2D eigenvalue weighted by atomic mass is 79.9. The van der Waals surface area contributed by atoms with Crippen LogP contribution in [0, 0.1) is 0 Å². The van der Waals surface area contributed by atoms with Crippen LogP contribution in [0.15, 0.2) is 15.9 Å². The predicted molar refractivity (Wildman–Crippen MR) is 66.4 cm³/mol. The summed E-state index contributed by atoms with van der Waals surface area (Å²) in [7, 11) is 0. The molecule has 1 aromatic heterocycles. The summed E-state index contributed by atoms with van der Waals surface area (Å²) in [5.74, 6) is 0.331. The second kappa shape index (κ2) is 5.23. The Balaban J connectivity index is 1.67. The molecule has 1 N–H and O–H groups in total. The fraction of sp³-hybridized carbons (Fsp3) is 0.545. The molecule has 1 heterocycles. The van der Waals surface area contributed by atoms with Gasteiger partial charge in [0.05, 0.1) is 3.79 Å². The van der Waals surface area contributed by atoms with E-state index in [0.717, 1.165) is 15.2 Å². The number of ketones is 1. The number of carbonyl (C=O) groups is 1. The molecule has 0 aliphatic heterocycles. The highest BCUT2D eigenvalue weighted by Gasteiger charge is 2.20. The molecular formula is C11H14BrNOS. The highest BCUT2D eigenvalue weighted by molar-refractivity contribution is 9.11. The molecular weight excluding hydrogens is 274 g/mol. The Bertz CT molecular complexity index is 346. The van der Waals surface area contributed by atoms with Gasteiger partial charge in [0.1, 0.15) is 5.78 Å². The van der Waals surface area contributed by atoms with E-state index in [-0.39, 0.29) is 0 Å². The number of rotatable bonds is 6. The monoisotopic (exact) mass is 287 g/mol. The van der Waals surface area contributed by atoms with Crippen LogP contribution in [0.5, 0.6) is 0 Å². The fourth-order valence-electron chi connectivity index (χ4n) is 1.43. The van der Waals surface area contributed by atoms with Crippen LogP contribution in [0.1, 0.15) is 24.1 Å². The van der Waals surface area contributed by atoms with Crippen LogP contribution in [-0.2, 0) is 11.2 Å². The van der Waals surface area contributed by atoms with Gasteiger partial charge in [-0.15, -0.1) is 11.3 Å². The molecule has 2 rings (SSSR count). The van der Waals surface area contributed by atoms with E-state index in [1.807, 2.05) is 12.1 Å². The third-order valence-electron chi connectivity index (χ3n) is 2.41. The van der Waals surface area contributed by atoms with Gasteiger partial charge in [0.15, 0.2) is 0 Å². The maximum atomic E-state index is 11.6. The quantitative estimate of drug-likeness (QED) is 0.872. The molecule has 0 saturated heterocycles. The number of Topliss-reactive ketones (excluding diaryl/α,β-unsaturated/α-hetero) is 1. The lowest BCUT2D eigenvalue weighted by molar-refractivity contribution is -0.118. The first-order valence-electron chi connectivity index (χ1n) is 5.23. The molecule has 1 aliphatic rings. The van der Waals surface area contributed by atoms with Crippen LogP contribution in [0.25, 0.3) is 0 Å². The number of halogens is 1. The minimum absolute atomic E-state index is 0.331. The number of hydrogen-bond acceptors (Lipinski definition) is 3. The van der Waals surface area contributed by atoms with Crippen molar-refractivity contribution in [1.29, 1.82) is 0 Å². The van der Waals surface area contributed by atoms with E-state index in [1.54, 1.807) is 11.3 Å². The first-order chi connectivity index (χ1) is 7.24. The molecule has 82 valence electrons. The summed E-state index contributed by atoms with van der Waals surface area (Å²) in [6.07, 6.45) is 3.81. The van der Waals surface area contributed by atoms with Gasteiger partial charge in [-0.05, 0) is 40.9 Å². The third-order valence-corrected chi connectivity index (χ3v) is 4.04. The van der Waals surface area contributed by atoms with E-state index in [9.17, 15) is 4.79 Å². The molecule has 1 aliphatic carbocycles. The molecule has 0 unspecified atom stereocenters. The van der Waals surface area contributed by atoms with Crippen molar-refractivity contribution in [2.24, 2.45) is 0 Å². The lowest BCUT2D eigenvalue weighted by atomic mass is 10.2. The second-order valence-corrected chi connectivity index (χ2v) is 6.45. The minimum Gasteiger partial charge on any atom is -0.314 e. The fourth-order valence-corrected chi connectivity index (χ4v) is 2.94. The largest absolute Gasteiger partial charge is 0.314 e. The molecule has 1 saturated carbocycles. The van der Waals surface area contributed by atoms with E-state index < -0.39 is 0 Å². The normalized spacial score (nSPS) is 15.5. The molecule has 1 aromatic rings. The van der Waals surface area contributed by atoms with Crippen molar-refractivity contribution in [3.05, 3.63) is 20.8 Å². The van der Waals surface area contributed by atoms with Crippen LogP contribution in [0.4, 0.5) is 0 Å².